The van der Waals surface area contributed by atoms with Crippen LogP contribution in [0.5, 0.6) is 0 Å². The summed E-state index contributed by atoms with van der Waals surface area (Å²) in [5, 5.41) is 15.1. The summed E-state index contributed by atoms with van der Waals surface area (Å²) in [5.74, 6) is 0. The van der Waals surface area contributed by atoms with Crippen molar-refractivity contribution in [2.24, 2.45) is 5.41 Å². The van der Waals surface area contributed by atoms with E-state index in [4.69, 9.17) is 16.3 Å². The molecular formula is C12H21ClN2O2. The molecule has 1 aromatic rings. The first kappa shape index (κ1) is 14.5. The number of nitrogens with zero attached hydrogens (tertiary/aromatic N) is 2. The van der Waals surface area contributed by atoms with Gasteiger partial charge in [-0.1, -0.05) is 32.4 Å². The minimum atomic E-state index is -0.626. The number of aliphatic hydroxyl groups excluding tert-OH is 1. The Balaban J connectivity index is 2.99. The van der Waals surface area contributed by atoms with Crippen LogP contribution in [0.25, 0.3) is 0 Å². The molecule has 0 aliphatic rings. The zero-order valence-corrected chi connectivity index (χ0v) is 11.7. The van der Waals surface area contributed by atoms with E-state index in [1.54, 1.807) is 18.0 Å². The van der Waals surface area contributed by atoms with Crippen LogP contribution < -0.4 is 0 Å². The minimum Gasteiger partial charge on any atom is -0.386 e. The number of methoxy groups -OCH3 is 1. The van der Waals surface area contributed by atoms with Gasteiger partial charge in [0.25, 0.3) is 0 Å². The molecule has 4 nitrogen and oxygen atoms in total. The average molecular weight is 261 g/mol. The van der Waals surface area contributed by atoms with E-state index in [0.29, 0.717) is 23.9 Å². The van der Waals surface area contributed by atoms with E-state index in [0.717, 1.165) is 6.42 Å². The van der Waals surface area contributed by atoms with E-state index in [2.05, 4.69) is 5.10 Å². The van der Waals surface area contributed by atoms with Crippen molar-refractivity contribution in [3.8, 4) is 0 Å². The molecule has 1 atom stereocenters. The maximum atomic E-state index is 10.4. The second-order valence-electron chi connectivity index (χ2n) is 4.84. The molecular weight excluding hydrogens is 240 g/mol. The molecule has 1 rings (SSSR count). The molecule has 0 spiro atoms. The van der Waals surface area contributed by atoms with Gasteiger partial charge in [-0.2, -0.15) is 5.10 Å². The molecule has 98 valence electrons. The predicted octanol–water partition coefficient (Wildman–Crippen LogP) is 2.65. The van der Waals surface area contributed by atoms with Crippen molar-refractivity contribution < 1.29 is 9.84 Å². The molecule has 0 bridgehead atoms. The Morgan fingerprint density at radius 3 is 2.76 bits per heavy atom. The average Bonchev–Trinajstić information content (AvgIpc) is 2.66. The minimum absolute atomic E-state index is 0.228. The Hall–Kier alpha value is -0.580. The largest absolute Gasteiger partial charge is 0.386 e. The predicted molar refractivity (Wildman–Crippen MR) is 68.1 cm³/mol. The van der Waals surface area contributed by atoms with Gasteiger partial charge in [0.1, 0.15) is 6.10 Å². The van der Waals surface area contributed by atoms with Crippen molar-refractivity contribution >= 4 is 11.6 Å². The summed E-state index contributed by atoms with van der Waals surface area (Å²) < 4.78 is 6.73. The topological polar surface area (TPSA) is 47.3 Å². The van der Waals surface area contributed by atoms with Gasteiger partial charge in [-0.05, 0) is 11.8 Å². The van der Waals surface area contributed by atoms with Crippen molar-refractivity contribution in [1.29, 1.82) is 0 Å². The van der Waals surface area contributed by atoms with Gasteiger partial charge in [-0.15, -0.1) is 0 Å². The third kappa shape index (κ3) is 3.21. The molecule has 0 saturated heterocycles. The summed E-state index contributed by atoms with van der Waals surface area (Å²) in [6.07, 6.45) is 1.81. The molecule has 0 saturated carbocycles. The molecule has 1 aromatic heterocycles. The van der Waals surface area contributed by atoms with E-state index in [1.165, 1.54) is 0 Å². The van der Waals surface area contributed by atoms with Crippen molar-refractivity contribution in [2.75, 3.05) is 13.7 Å². The Bertz CT molecular complexity index is 363. The van der Waals surface area contributed by atoms with Crippen LogP contribution in [0.4, 0.5) is 0 Å². The monoisotopic (exact) mass is 260 g/mol. The van der Waals surface area contributed by atoms with Gasteiger partial charge >= 0.3 is 0 Å². The van der Waals surface area contributed by atoms with Crippen LogP contribution in [0.1, 0.15) is 39.0 Å². The Morgan fingerprint density at radius 1 is 1.59 bits per heavy atom. The maximum Gasteiger partial charge on any atom is 0.102 e. The number of halogens is 1. The first-order valence-electron chi connectivity index (χ1n) is 5.82. The SMILES string of the molecule is CCC(C)(C)C(O)c1c(Cl)cnn1CCOC. The van der Waals surface area contributed by atoms with E-state index in [-0.39, 0.29) is 5.41 Å². The lowest BCUT2D eigenvalue weighted by Crippen LogP contribution is -2.24. The first-order valence-corrected chi connectivity index (χ1v) is 6.20. The molecule has 1 unspecified atom stereocenters. The highest BCUT2D eigenvalue weighted by Crippen LogP contribution is 2.38. The zero-order chi connectivity index (χ0) is 13.1. The molecule has 0 aromatic carbocycles. The number of rotatable bonds is 6. The maximum absolute atomic E-state index is 10.4. The van der Waals surface area contributed by atoms with Gasteiger partial charge in [-0.25, -0.2) is 0 Å². The summed E-state index contributed by atoms with van der Waals surface area (Å²) in [5.41, 5.74) is 0.449. The fourth-order valence-corrected chi connectivity index (χ4v) is 1.81. The van der Waals surface area contributed by atoms with Crippen LogP contribution in [0, 0.1) is 5.41 Å². The second kappa shape index (κ2) is 5.85. The summed E-state index contributed by atoms with van der Waals surface area (Å²) in [4.78, 5) is 0. The van der Waals surface area contributed by atoms with Crippen molar-refractivity contribution in [3.05, 3.63) is 16.9 Å². The highest BCUT2D eigenvalue weighted by molar-refractivity contribution is 6.31. The lowest BCUT2D eigenvalue weighted by Gasteiger charge is -2.29. The highest BCUT2D eigenvalue weighted by Gasteiger charge is 2.31. The molecule has 0 amide bonds. The molecule has 1 heterocycles. The van der Waals surface area contributed by atoms with E-state index in [1.807, 2.05) is 20.8 Å². The highest BCUT2D eigenvalue weighted by atomic mass is 35.5. The fraction of sp³-hybridized carbons (Fsp3) is 0.750. The van der Waals surface area contributed by atoms with Crippen LogP contribution in [0.3, 0.4) is 0 Å². The van der Waals surface area contributed by atoms with Gasteiger partial charge in [0.15, 0.2) is 0 Å². The van der Waals surface area contributed by atoms with Gasteiger partial charge in [0.2, 0.25) is 0 Å². The number of ether oxygens (including phenoxy) is 1. The van der Waals surface area contributed by atoms with E-state index < -0.39 is 6.10 Å². The molecule has 1 N–H and O–H groups in total. The van der Waals surface area contributed by atoms with E-state index >= 15 is 0 Å². The van der Waals surface area contributed by atoms with Crippen LogP contribution in [0.15, 0.2) is 6.20 Å². The number of aromatic nitrogens is 2. The second-order valence-corrected chi connectivity index (χ2v) is 5.25. The molecule has 0 radical (unpaired) electrons. The van der Waals surface area contributed by atoms with Gasteiger partial charge in [0, 0.05) is 7.11 Å². The lowest BCUT2D eigenvalue weighted by atomic mass is 9.82. The van der Waals surface area contributed by atoms with Crippen molar-refractivity contribution in [3.63, 3.8) is 0 Å². The summed E-state index contributed by atoms with van der Waals surface area (Å²) in [6, 6.07) is 0. The van der Waals surface area contributed by atoms with E-state index in [9.17, 15) is 5.11 Å². The Kier molecular flexibility index (Phi) is 4.98. The third-order valence-corrected chi connectivity index (χ3v) is 3.54. The zero-order valence-electron chi connectivity index (χ0n) is 10.9. The smallest absolute Gasteiger partial charge is 0.102 e. The number of aliphatic hydroxyl groups is 1. The van der Waals surface area contributed by atoms with Gasteiger partial charge < -0.3 is 9.84 Å². The number of hydrogen-bond acceptors (Lipinski definition) is 3. The molecule has 17 heavy (non-hydrogen) atoms. The Labute approximate surface area is 108 Å². The molecule has 0 fully saturated rings. The third-order valence-electron chi connectivity index (χ3n) is 3.25. The number of hydrogen-bond donors (Lipinski definition) is 1. The van der Waals surface area contributed by atoms with Crippen molar-refractivity contribution in [1.82, 2.24) is 9.78 Å². The fourth-order valence-electron chi connectivity index (χ4n) is 1.56. The van der Waals surface area contributed by atoms with Crippen molar-refractivity contribution in [2.45, 2.75) is 39.8 Å². The molecule has 0 aliphatic heterocycles. The standard InChI is InChI=1S/C12H21ClN2O2/c1-5-12(2,3)11(16)10-9(13)8-14-15(10)6-7-17-4/h8,11,16H,5-7H2,1-4H3. The lowest BCUT2D eigenvalue weighted by molar-refractivity contribution is 0.0378. The summed E-state index contributed by atoms with van der Waals surface area (Å²) >= 11 is 6.10. The van der Waals surface area contributed by atoms with Gasteiger partial charge in [-0.3, -0.25) is 4.68 Å². The molecule has 5 heteroatoms. The van der Waals surface area contributed by atoms with Crippen LogP contribution in [-0.2, 0) is 11.3 Å². The quantitative estimate of drug-likeness (QED) is 0.855. The Morgan fingerprint density at radius 2 is 2.24 bits per heavy atom. The molecule has 0 aliphatic carbocycles. The van der Waals surface area contributed by atoms with Crippen LogP contribution in [0.2, 0.25) is 5.02 Å². The first-order chi connectivity index (χ1) is 7.94. The van der Waals surface area contributed by atoms with Crippen LogP contribution >= 0.6 is 11.6 Å². The summed E-state index contributed by atoms with van der Waals surface area (Å²) in [7, 11) is 1.64. The van der Waals surface area contributed by atoms with Crippen LogP contribution in [-0.4, -0.2) is 28.6 Å². The van der Waals surface area contributed by atoms with Gasteiger partial charge in [0.05, 0.1) is 30.1 Å². The summed E-state index contributed by atoms with van der Waals surface area (Å²) in [6.45, 7) is 7.22. The normalized spacial score (nSPS) is 14.0.